The van der Waals surface area contributed by atoms with E-state index in [1.807, 2.05) is 29.6 Å². The minimum absolute atomic E-state index is 0.0522. The van der Waals surface area contributed by atoms with Crippen molar-refractivity contribution in [2.24, 2.45) is 0 Å². The maximum atomic E-state index is 12.1. The van der Waals surface area contributed by atoms with Crippen LogP contribution in [0.3, 0.4) is 0 Å². The number of methoxy groups -OCH3 is 2. The summed E-state index contributed by atoms with van der Waals surface area (Å²) in [5.41, 5.74) is 2.39. The molecule has 1 aromatic heterocycles. The first-order valence-electron chi connectivity index (χ1n) is 8.80. The van der Waals surface area contributed by atoms with Gasteiger partial charge in [-0.05, 0) is 42.3 Å². The smallest absolute Gasteiger partial charge is 0.306 e. The summed E-state index contributed by atoms with van der Waals surface area (Å²) in [7, 11) is 3.11. The first kappa shape index (κ1) is 21.1. The number of carbonyl (C=O) groups excluding carboxylic acids is 1. The fraction of sp³-hybridized carbons (Fsp3) is 0.238. The lowest BCUT2D eigenvalue weighted by molar-refractivity contribution is -0.145. The number of halogens is 1. The number of phenolic OH excluding ortho intramolecular Hbond substituents is 1. The Hall–Kier alpha value is -2.58. The van der Waals surface area contributed by atoms with E-state index in [9.17, 15) is 9.90 Å². The normalized spacial score (nSPS) is 10.6. The molecule has 3 rings (SSSR count). The van der Waals surface area contributed by atoms with Crippen LogP contribution in [0.1, 0.15) is 17.7 Å². The zero-order chi connectivity index (χ0) is 20.8. The van der Waals surface area contributed by atoms with Crippen molar-refractivity contribution in [3.8, 4) is 27.8 Å². The molecule has 0 radical (unpaired) electrons. The first-order valence-corrected chi connectivity index (χ1v) is 10.5. The Bertz CT molecular complexity index is 1000. The molecule has 1 N–H and O–H groups in total. The Morgan fingerprint density at radius 3 is 2.62 bits per heavy atom. The number of esters is 1. The Kier molecular flexibility index (Phi) is 7.11. The Morgan fingerprint density at radius 2 is 1.90 bits per heavy atom. The Labute approximate surface area is 181 Å². The summed E-state index contributed by atoms with van der Waals surface area (Å²) in [5, 5.41) is 12.5. The molecule has 2 aromatic carbocycles. The first-order chi connectivity index (χ1) is 14.0. The van der Waals surface area contributed by atoms with Gasteiger partial charge in [0.15, 0.2) is 11.5 Å². The summed E-state index contributed by atoms with van der Waals surface area (Å²) in [6.07, 6.45) is 0.677. The van der Waals surface area contributed by atoms with Crippen molar-refractivity contribution in [2.45, 2.75) is 19.4 Å². The molecule has 0 unspecified atom stereocenters. The van der Waals surface area contributed by atoms with Gasteiger partial charge in [-0.2, -0.15) is 0 Å². The molecule has 8 heteroatoms. The maximum Gasteiger partial charge on any atom is 0.306 e. The van der Waals surface area contributed by atoms with Crippen LogP contribution in [0, 0.1) is 0 Å². The van der Waals surface area contributed by atoms with Gasteiger partial charge in [0.25, 0.3) is 0 Å². The van der Waals surface area contributed by atoms with E-state index in [0.717, 1.165) is 26.4 Å². The summed E-state index contributed by atoms with van der Waals surface area (Å²) in [6, 6.07) is 10.8. The van der Waals surface area contributed by atoms with Crippen LogP contribution < -0.4 is 9.47 Å². The molecular weight excluding hydrogens is 458 g/mol. The van der Waals surface area contributed by atoms with Crippen LogP contribution in [-0.4, -0.2) is 30.3 Å². The quantitative estimate of drug-likeness (QED) is 0.461. The molecular formula is C21H20BrNO5S. The highest BCUT2D eigenvalue weighted by Crippen LogP contribution is 2.34. The highest BCUT2D eigenvalue weighted by atomic mass is 79.9. The van der Waals surface area contributed by atoms with Crippen LogP contribution in [0.5, 0.6) is 17.2 Å². The van der Waals surface area contributed by atoms with Gasteiger partial charge in [-0.1, -0.05) is 22.0 Å². The lowest BCUT2D eigenvalue weighted by Gasteiger charge is -2.07. The van der Waals surface area contributed by atoms with Crippen molar-refractivity contribution in [3.63, 3.8) is 0 Å². The minimum Gasteiger partial charge on any atom is -0.504 e. The minimum atomic E-state index is -0.324. The van der Waals surface area contributed by atoms with Crippen LogP contribution in [0.2, 0.25) is 0 Å². The zero-order valence-electron chi connectivity index (χ0n) is 16.0. The highest BCUT2D eigenvalue weighted by molar-refractivity contribution is 9.10. The third kappa shape index (κ3) is 5.48. The number of carbonyl (C=O) groups is 1. The molecule has 29 heavy (non-hydrogen) atoms. The number of aromatic hydroxyl groups is 1. The van der Waals surface area contributed by atoms with E-state index in [2.05, 4.69) is 20.9 Å². The highest BCUT2D eigenvalue weighted by Gasteiger charge is 2.13. The molecule has 0 amide bonds. The van der Waals surface area contributed by atoms with E-state index >= 15 is 0 Å². The lowest BCUT2D eigenvalue weighted by Crippen LogP contribution is -2.06. The van der Waals surface area contributed by atoms with E-state index in [0.29, 0.717) is 17.9 Å². The Morgan fingerprint density at radius 1 is 1.14 bits per heavy atom. The van der Waals surface area contributed by atoms with Crippen molar-refractivity contribution in [3.05, 3.63) is 57.5 Å². The molecule has 1 heterocycles. The maximum absolute atomic E-state index is 12.1. The van der Waals surface area contributed by atoms with E-state index in [-0.39, 0.29) is 24.7 Å². The average molecular weight is 478 g/mol. The van der Waals surface area contributed by atoms with Crippen LogP contribution in [0.25, 0.3) is 10.6 Å². The van der Waals surface area contributed by atoms with Gasteiger partial charge in [-0.25, -0.2) is 4.98 Å². The molecule has 0 bridgehead atoms. The number of phenols is 1. The van der Waals surface area contributed by atoms with Crippen LogP contribution in [0.4, 0.5) is 0 Å². The summed E-state index contributed by atoms with van der Waals surface area (Å²) >= 11 is 4.92. The average Bonchev–Trinajstić information content (AvgIpc) is 3.19. The molecule has 0 atom stereocenters. The summed E-state index contributed by atoms with van der Waals surface area (Å²) in [5.74, 6) is 0.859. The van der Waals surface area contributed by atoms with Gasteiger partial charge >= 0.3 is 5.97 Å². The third-order valence-corrected chi connectivity index (χ3v) is 5.60. The summed E-state index contributed by atoms with van der Waals surface area (Å²) < 4.78 is 16.7. The number of aromatic nitrogens is 1. The molecule has 0 aliphatic rings. The number of hydrogen-bond donors (Lipinski definition) is 1. The second-order valence-corrected chi connectivity index (χ2v) is 7.93. The van der Waals surface area contributed by atoms with E-state index in [1.54, 1.807) is 19.2 Å². The fourth-order valence-corrected chi connectivity index (χ4v) is 3.89. The van der Waals surface area contributed by atoms with E-state index < -0.39 is 0 Å². The number of aryl methyl sites for hydroxylation is 1. The molecule has 152 valence electrons. The molecule has 0 saturated heterocycles. The standard InChI is InChI=1S/C21H20BrNO5S/c1-26-18-7-5-14(22)10-16(18)21-23-15(12-29-21)11-28-20(25)8-4-13-3-6-19(27-2)17(24)9-13/h3,5-7,9-10,12,24H,4,8,11H2,1-2H3. The topological polar surface area (TPSA) is 77.9 Å². The van der Waals surface area contributed by atoms with Gasteiger partial charge in [-0.15, -0.1) is 11.3 Å². The second-order valence-electron chi connectivity index (χ2n) is 6.16. The van der Waals surface area contributed by atoms with Gasteiger partial charge < -0.3 is 19.3 Å². The largest absolute Gasteiger partial charge is 0.504 e. The molecule has 0 aliphatic heterocycles. The van der Waals surface area contributed by atoms with Crippen molar-refractivity contribution in [1.29, 1.82) is 0 Å². The van der Waals surface area contributed by atoms with Gasteiger partial charge in [-0.3, -0.25) is 4.79 Å². The monoisotopic (exact) mass is 477 g/mol. The van der Waals surface area contributed by atoms with E-state index in [4.69, 9.17) is 14.2 Å². The zero-order valence-corrected chi connectivity index (χ0v) is 18.4. The predicted molar refractivity (Wildman–Crippen MR) is 115 cm³/mol. The van der Waals surface area contributed by atoms with Crippen molar-refractivity contribution in [2.75, 3.05) is 14.2 Å². The number of benzene rings is 2. The van der Waals surface area contributed by atoms with Gasteiger partial charge in [0.1, 0.15) is 17.4 Å². The van der Waals surface area contributed by atoms with Gasteiger partial charge in [0.05, 0.1) is 25.5 Å². The summed E-state index contributed by atoms with van der Waals surface area (Å²) in [6.45, 7) is 0.111. The van der Waals surface area contributed by atoms with Crippen LogP contribution in [-0.2, 0) is 22.6 Å². The second kappa shape index (κ2) is 9.76. The number of nitrogens with zero attached hydrogens (tertiary/aromatic N) is 1. The number of ether oxygens (including phenoxy) is 3. The third-order valence-electron chi connectivity index (χ3n) is 4.19. The lowest BCUT2D eigenvalue weighted by atomic mass is 10.1. The van der Waals surface area contributed by atoms with Crippen molar-refractivity contribution < 1.29 is 24.1 Å². The van der Waals surface area contributed by atoms with Gasteiger partial charge in [0.2, 0.25) is 0 Å². The molecule has 0 aliphatic carbocycles. The molecule has 0 fully saturated rings. The summed E-state index contributed by atoms with van der Waals surface area (Å²) in [4.78, 5) is 16.6. The molecule has 3 aromatic rings. The van der Waals surface area contributed by atoms with Crippen molar-refractivity contribution >= 4 is 33.2 Å². The number of hydrogen-bond acceptors (Lipinski definition) is 7. The SMILES string of the molecule is COc1ccc(CCC(=O)OCc2csc(-c3cc(Br)ccc3OC)n2)cc1O. The van der Waals surface area contributed by atoms with E-state index in [1.165, 1.54) is 18.4 Å². The number of rotatable bonds is 8. The molecule has 0 saturated carbocycles. The van der Waals surface area contributed by atoms with Crippen LogP contribution >= 0.6 is 27.3 Å². The van der Waals surface area contributed by atoms with Gasteiger partial charge in [0, 0.05) is 16.3 Å². The van der Waals surface area contributed by atoms with Crippen molar-refractivity contribution in [1.82, 2.24) is 4.98 Å². The Balaban J connectivity index is 1.55. The fourth-order valence-electron chi connectivity index (χ4n) is 2.71. The van der Waals surface area contributed by atoms with Crippen LogP contribution in [0.15, 0.2) is 46.3 Å². The molecule has 0 spiro atoms. The molecule has 6 nitrogen and oxygen atoms in total. The number of thiazole rings is 1. The predicted octanol–water partition coefficient (Wildman–Crippen LogP) is 4.97.